The van der Waals surface area contributed by atoms with Crippen LogP contribution >= 0.6 is 0 Å². The highest BCUT2D eigenvalue weighted by Gasteiger charge is 2.51. The largest absolute Gasteiger partial charge is 0.458 e. The topological polar surface area (TPSA) is 26.3 Å². The number of hydrogen-bond donors (Lipinski definition) is 0. The van der Waals surface area contributed by atoms with Crippen LogP contribution in [0.4, 0.5) is 0 Å². The van der Waals surface area contributed by atoms with Crippen LogP contribution in [0.5, 0.6) is 0 Å². The van der Waals surface area contributed by atoms with E-state index in [9.17, 15) is 4.79 Å². The number of allylic oxidation sites excluding steroid dienone is 1. The van der Waals surface area contributed by atoms with E-state index in [1.54, 1.807) is 0 Å². The lowest BCUT2D eigenvalue weighted by atomic mass is 9.76. The number of ether oxygens (including phenoxy) is 1. The molecule has 2 saturated carbocycles. The molecule has 2 aromatic rings. The highest BCUT2D eigenvalue weighted by Crippen LogP contribution is 2.55. The molecule has 2 aromatic carbocycles. The fourth-order valence-corrected chi connectivity index (χ4v) is 5.96. The second kappa shape index (κ2) is 6.22. The quantitative estimate of drug-likeness (QED) is 0.633. The summed E-state index contributed by atoms with van der Waals surface area (Å²) < 4.78 is 5.99. The van der Waals surface area contributed by atoms with Crippen molar-refractivity contribution in [2.75, 3.05) is 0 Å². The van der Waals surface area contributed by atoms with Crippen molar-refractivity contribution < 1.29 is 9.53 Å². The van der Waals surface area contributed by atoms with Crippen molar-refractivity contribution in [1.29, 1.82) is 0 Å². The first-order chi connectivity index (χ1) is 13.0. The Balaban J connectivity index is 1.38. The van der Waals surface area contributed by atoms with Gasteiger partial charge in [0.15, 0.2) is 0 Å². The fourth-order valence-electron chi connectivity index (χ4n) is 5.96. The molecule has 0 aliphatic heterocycles. The number of benzene rings is 2. The van der Waals surface area contributed by atoms with Crippen molar-refractivity contribution in [3.05, 3.63) is 53.1 Å². The molecule has 3 aliphatic carbocycles. The number of hydrogen-bond acceptors (Lipinski definition) is 2. The molecule has 6 atom stereocenters. The van der Waals surface area contributed by atoms with Crippen molar-refractivity contribution >= 4 is 22.8 Å². The van der Waals surface area contributed by atoms with Gasteiger partial charge in [-0.3, -0.25) is 4.79 Å². The monoisotopic (exact) mass is 360 g/mol. The maximum atomic E-state index is 12.9. The summed E-state index contributed by atoms with van der Waals surface area (Å²) in [5.74, 6) is 2.76. The Bertz CT molecular complexity index is 939. The highest BCUT2D eigenvalue weighted by atomic mass is 16.5. The van der Waals surface area contributed by atoms with Gasteiger partial charge in [-0.15, -0.1) is 0 Å². The predicted octanol–water partition coefficient (Wildman–Crippen LogP) is 5.94. The van der Waals surface area contributed by atoms with Gasteiger partial charge < -0.3 is 4.74 Å². The average Bonchev–Trinajstić information content (AvgIpc) is 3.22. The SMILES string of the molecule is CC(OC(=O)C1CC2CC1C(C)C2C)c1cc2c3c(cccc3c1)CC=C2. The van der Waals surface area contributed by atoms with E-state index < -0.39 is 0 Å². The minimum atomic E-state index is -0.205. The molecule has 0 aromatic heterocycles. The van der Waals surface area contributed by atoms with E-state index in [0.717, 1.165) is 24.3 Å². The Morgan fingerprint density at radius 2 is 2.00 bits per heavy atom. The Hall–Kier alpha value is -2.09. The molecule has 27 heavy (non-hydrogen) atoms. The van der Waals surface area contributed by atoms with Gasteiger partial charge in [0.1, 0.15) is 6.10 Å². The van der Waals surface area contributed by atoms with E-state index >= 15 is 0 Å². The molecule has 0 saturated heterocycles. The molecule has 0 N–H and O–H groups in total. The van der Waals surface area contributed by atoms with Crippen LogP contribution in [-0.4, -0.2) is 5.97 Å². The molecule has 0 amide bonds. The van der Waals surface area contributed by atoms with Crippen LogP contribution in [0.25, 0.3) is 16.8 Å². The van der Waals surface area contributed by atoms with E-state index in [1.165, 1.54) is 28.3 Å². The molecule has 5 rings (SSSR count). The smallest absolute Gasteiger partial charge is 0.309 e. The van der Waals surface area contributed by atoms with Gasteiger partial charge in [-0.2, -0.15) is 0 Å². The van der Waals surface area contributed by atoms with Gasteiger partial charge in [0, 0.05) is 0 Å². The summed E-state index contributed by atoms with van der Waals surface area (Å²) in [7, 11) is 0. The zero-order chi connectivity index (χ0) is 18.7. The molecule has 3 aliphatic rings. The average molecular weight is 360 g/mol. The molecule has 2 fully saturated rings. The van der Waals surface area contributed by atoms with Gasteiger partial charge in [-0.25, -0.2) is 0 Å². The van der Waals surface area contributed by atoms with Crippen molar-refractivity contribution in [3.63, 3.8) is 0 Å². The molecule has 6 unspecified atom stereocenters. The summed E-state index contributed by atoms with van der Waals surface area (Å²) in [5.41, 5.74) is 3.72. The molecule has 0 spiro atoms. The minimum Gasteiger partial charge on any atom is -0.458 e. The van der Waals surface area contributed by atoms with E-state index in [2.05, 4.69) is 56.3 Å². The molecular formula is C25H28O2. The molecule has 140 valence electrons. The van der Waals surface area contributed by atoms with Gasteiger partial charge >= 0.3 is 5.97 Å². The number of carbonyl (C=O) groups is 1. The lowest BCUT2D eigenvalue weighted by Gasteiger charge is -2.31. The van der Waals surface area contributed by atoms with Gasteiger partial charge in [0.25, 0.3) is 0 Å². The first-order valence-corrected chi connectivity index (χ1v) is 10.5. The van der Waals surface area contributed by atoms with Crippen LogP contribution in [0.3, 0.4) is 0 Å². The zero-order valence-electron chi connectivity index (χ0n) is 16.4. The van der Waals surface area contributed by atoms with E-state index in [4.69, 9.17) is 4.74 Å². The molecule has 2 bridgehead atoms. The summed E-state index contributed by atoms with van der Waals surface area (Å²) in [6, 6.07) is 10.9. The van der Waals surface area contributed by atoms with Crippen molar-refractivity contribution in [2.45, 2.75) is 46.1 Å². The Labute approximate surface area is 161 Å². The normalized spacial score (nSPS) is 32.0. The van der Waals surface area contributed by atoms with Crippen LogP contribution < -0.4 is 0 Å². The maximum Gasteiger partial charge on any atom is 0.309 e. The van der Waals surface area contributed by atoms with Crippen LogP contribution in [-0.2, 0) is 16.0 Å². The molecule has 2 nitrogen and oxygen atoms in total. The third kappa shape index (κ3) is 2.64. The number of fused-ring (bicyclic) bond motifs is 2. The summed E-state index contributed by atoms with van der Waals surface area (Å²) in [6.07, 6.45) is 7.45. The standard InChI is InChI=1S/C25H28O2/c1-14-15(2)22-12-20(14)13-23(22)25(26)27-16(3)21-10-18-8-4-6-17-7-5-9-19(11-21)24(17)18/h4-6,8-11,14-16,20,22-23H,7,12-13H2,1-3H3. The lowest BCUT2D eigenvalue weighted by Crippen LogP contribution is -2.31. The third-order valence-corrected chi connectivity index (χ3v) is 7.71. The van der Waals surface area contributed by atoms with Crippen LogP contribution in [0.15, 0.2) is 36.4 Å². The first-order valence-electron chi connectivity index (χ1n) is 10.5. The van der Waals surface area contributed by atoms with Crippen molar-refractivity contribution in [2.24, 2.45) is 29.6 Å². The highest BCUT2D eigenvalue weighted by molar-refractivity contribution is 5.95. The van der Waals surface area contributed by atoms with Crippen LogP contribution in [0, 0.1) is 29.6 Å². The van der Waals surface area contributed by atoms with Crippen LogP contribution in [0.2, 0.25) is 0 Å². The lowest BCUT2D eigenvalue weighted by molar-refractivity contribution is -0.156. The van der Waals surface area contributed by atoms with E-state index in [-0.39, 0.29) is 18.0 Å². The van der Waals surface area contributed by atoms with Gasteiger partial charge in [0.2, 0.25) is 0 Å². The van der Waals surface area contributed by atoms with E-state index in [1.807, 2.05) is 6.92 Å². The molecule has 0 heterocycles. The second-order valence-corrected chi connectivity index (χ2v) is 9.03. The number of carbonyl (C=O) groups excluding carboxylic acids is 1. The van der Waals surface area contributed by atoms with Gasteiger partial charge in [0.05, 0.1) is 5.92 Å². The molecule has 0 radical (unpaired) electrons. The molecule has 2 heteroatoms. The first kappa shape index (κ1) is 17.0. The Morgan fingerprint density at radius 3 is 2.78 bits per heavy atom. The zero-order valence-corrected chi connectivity index (χ0v) is 16.4. The Morgan fingerprint density at radius 1 is 1.15 bits per heavy atom. The summed E-state index contributed by atoms with van der Waals surface area (Å²) in [5, 5.41) is 2.59. The minimum absolute atomic E-state index is 0.0202. The predicted molar refractivity (Wildman–Crippen MR) is 109 cm³/mol. The van der Waals surface area contributed by atoms with Gasteiger partial charge in [-0.1, -0.05) is 44.2 Å². The summed E-state index contributed by atoms with van der Waals surface area (Å²) in [4.78, 5) is 12.9. The second-order valence-electron chi connectivity index (χ2n) is 9.03. The number of rotatable bonds is 3. The van der Waals surface area contributed by atoms with Gasteiger partial charge in [-0.05, 0) is 89.5 Å². The number of esters is 1. The third-order valence-electron chi connectivity index (χ3n) is 7.71. The Kier molecular flexibility index (Phi) is 3.93. The van der Waals surface area contributed by atoms with Crippen molar-refractivity contribution in [3.8, 4) is 0 Å². The van der Waals surface area contributed by atoms with Crippen LogP contribution in [0.1, 0.15) is 56.4 Å². The molecular weight excluding hydrogens is 332 g/mol. The summed E-state index contributed by atoms with van der Waals surface area (Å²) in [6.45, 7) is 6.68. The van der Waals surface area contributed by atoms with E-state index in [0.29, 0.717) is 17.8 Å². The summed E-state index contributed by atoms with van der Waals surface area (Å²) >= 11 is 0. The van der Waals surface area contributed by atoms with Crippen molar-refractivity contribution in [1.82, 2.24) is 0 Å². The maximum absolute atomic E-state index is 12.9. The fraction of sp³-hybridized carbons (Fsp3) is 0.480.